The zero-order valence-electron chi connectivity index (χ0n) is 15.0. The lowest BCUT2D eigenvalue weighted by atomic mass is 10.1. The third-order valence-corrected chi connectivity index (χ3v) is 4.25. The normalized spacial score (nSPS) is 12.7. The van der Waals surface area contributed by atoms with Gasteiger partial charge in [-0.25, -0.2) is 9.59 Å². The molecular weight excluding hydrogens is 370 g/mol. The number of carbonyl (C=O) groups is 5. The van der Waals surface area contributed by atoms with Crippen LogP contribution in [0.5, 0.6) is 0 Å². The summed E-state index contributed by atoms with van der Waals surface area (Å²) >= 11 is 0. The fourth-order valence-corrected chi connectivity index (χ4v) is 2.87. The van der Waals surface area contributed by atoms with Gasteiger partial charge in [-0.05, 0) is 12.1 Å². The number of amides is 2. The molecule has 2 heterocycles. The second-order valence-electron chi connectivity index (χ2n) is 5.79. The first-order valence-electron chi connectivity index (χ1n) is 8.14. The number of rotatable bonds is 6. The number of ether oxygens (including phenoxy) is 2. The predicted molar refractivity (Wildman–Crippen MR) is 92.0 cm³/mol. The number of esters is 2. The molecule has 1 aromatic heterocycles. The van der Waals surface area contributed by atoms with Crippen LogP contribution in [0.15, 0.2) is 24.3 Å². The Morgan fingerprint density at radius 3 is 2.11 bits per heavy atom. The van der Waals surface area contributed by atoms with Crippen LogP contribution in [0.1, 0.15) is 58.5 Å². The SMILES string of the molecule is COC(=O)c1[nH]nc(C(=O)CCN2C(=O)c3ccccc3C2=O)c1C(=O)OC. The summed E-state index contributed by atoms with van der Waals surface area (Å²) in [4.78, 5) is 62.0. The molecule has 0 atom stereocenters. The van der Waals surface area contributed by atoms with Crippen molar-refractivity contribution < 1.29 is 33.4 Å². The molecule has 144 valence electrons. The zero-order chi connectivity index (χ0) is 20.4. The van der Waals surface area contributed by atoms with Crippen LogP contribution in [-0.2, 0) is 9.47 Å². The highest BCUT2D eigenvalue weighted by atomic mass is 16.5. The van der Waals surface area contributed by atoms with E-state index in [1.807, 2.05) is 0 Å². The lowest BCUT2D eigenvalue weighted by molar-refractivity contribution is 0.0550. The number of nitrogens with one attached hydrogen (secondary N) is 1. The van der Waals surface area contributed by atoms with Gasteiger partial charge < -0.3 is 9.47 Å². The molecule has 10 nitrogen and oxygen atoms in total. The lowest BCUT2D eigenvalue weighted by Gasteiger charge is -2.12. The first kappa shape index (κ1) is 19.0. The van der Waals surface area contributed by atoms with Gasteiger partial charge in [-0.3, -0.25) is 24.4 Å². The van der Waals surface area contributed by atoms with E-state index < -0.39 is 29.5 Å². The molecule has 1 aromatic carbocycles. The number of benzene rings is 1. The van der Waals surface area contributed by atoms with Gasteiger partial charge in [0.05, 0.1) is 25.3 Å². The standard InChI is InChI=1S/C18H15N3O7/c1-27-17(25)12-13(19-20-14(12)18(26)28-2)11(22)7-8-21-15(23)9-5-3-4-6-10(9)16(21)24/h3-6H,7-8H2,1-2H3,(H,19,20). The number of aromatic amines is 1. The molecule has 2 aromatic rings. The number of carbonyl (C=O) groups excluding carboxylic acids is 5. The average molecular weight is 385 g/mol. The van der Waals surface area contributed by atoms with Crippen LogP contribution >= 0.6 is 0 Å². The molecule has 1 aliphatic heterocycles. The highest BCUT2D eigenvalue weighted by Crippen LogP contribution is 2.23. The summed E-state index contributed by atoms with van der Waals surface area (Å²) in [5.41, 5.74) is -0.477. The van der Waals surface area contributed by atoms with Crippen LogP contribution in [0.25, 0.3) is 0 Å². The van der Waals surface area contributed by atoms with Gasteiger partial charge in [0.25, 0.3) is 11.8 Å². The highest BCUT2D eigenvalue weighted by Gasteiger charge is 2.36. The van der Waals surface area contributed by atoms with Crippen molar-refractivity contribution in [3.05, 3.63) is 52.3 Å². The number of ketones is 1. The molecule has 1 aliphatic rings. The van der Waals surface area contributed by atoms with Gasteiger partial charge in [0.1, 0.15) is 11.3 Å². The number of methoxy groups -OCH3 is 2. The zero-order valence-corrected chi connectivity index (χ0v) is 15.0. The monoisotopic (exact) mass is 385 g/mol. The summed E-state index contributed by atoms with van der Waals surface area (Å²) in [5, 5.41) is 6.00. The maximum atomic E-state index is 12.6. The van der Waals surface area contributed by atoms with Crippen molar-refractivity contribution in [1.29, 1.82) is 0 Å². The fourth-order valence-electron chi connectivity index (χ4n) is 2.87. The third kappa shape index (κ3) is 3.04. The Kier molecular flexibility index (Phi) is 5.03. The molecule has 1 N–H and O–H groups in total. The molecule has 0 unspecified atom stereocenters. The first-order valence-corrected chi connectivity index (χ1v) is 8.14. The molecule has 0 spiro atoms. The highest BCUT2D eigenvalue weighted by molar-refractivity contribution is 6.21. The van der Waals surface area contributed by atoms with E-state index in [-0.39, 0.29) is 41.0 Å². The fraction of sp³-hybridized carbons (Fsp3) is 0.222. The van der Waals surface area contributed by atoms with Crippen LogP contribution in [0.4, 0.5) is 0 Å². The van der Waals surface area contributed by atoms with E-state index in [0.717, 1.165) is 19.1 Å². The van der Waals surface area contributed by atoms with Gasteiger partial charge >= 0.3 is 11.9 Å². The number of H-pyrrole nitrogens is 1. The number of fused-ring (bicyclic) bond motifs is 1. The van der Waals surface area contributed by atoms with Gasteiger partial charge in [-0.15, -0.1) is 0 Å². The topological polar surface area (TPSA) is 136 Å². The summed E-state index contributed by atoms with van der Waals surface area (Å²) in [6.45, 7) is -0.202. The number of hydrogen-bond donors (Lipinski definition) is 1. The van der Waals surface area contributed by atoms with E-state index in [2.05, 4.69) is 19.7 Å². The van der Waals surface area contributed by atoms with Crippen molar-refractivity contribution in [3.63, 3.8) is 0 Å². The van der Waals surface area contributed by atoms with Crippen molar-refractivity contribution in [2.45, 2.75) is 6.42 Å². The summed E-state index contributed by atoms with van der Waals surface area (Å²) in [7, 11) is 2.19. The van der Waals surface area contributed by atoms with Gasteiger partial charge in [-0.2, -0.15) is 5.10 Å². The molecule has 28 heavy (non-hydrogen) atoms. The van der Waals surface area contributed by atoms with Crippen molar-refractivity contribution in [1.82, 2.24) is 15.1 Å². The number of imide groups is 1. The number of nitrogens with zero attached hydrogens (tertiary/aromatic N) is 2. The molecule has 0 saturated heterocycles. The largest absolute Gasteiger partial charge is 0.465 e. The molecule has 0 saturated carbocycles. The number of aromatic nitrogens is 2. The van der Waals surface area contributed by atoms with Crippen LogP contribution in [0, 0.1) is 0 Å². The second-order valence-corrected chi connectivity index (χ2v) is 5.79. The van der Waals surface area contributed by atoms with Gasteiger partial charge in [0.15, 0.2) is 11.5 Å². The van der Waals surface area contributed by atoms with Crippen LogP contribution < -0.4 is 0 Å². The van der Waals surface area contributed by atoms with E-state index in [0.29, 0.717) is 0 Å². The van der Waals surface area contributed by atoms with E-state index in [1.165, 1.54) is 12.1 Å². The summed E-state index contributed by atoms with van der Waals surface area (Å²) in [6, 6.07) is 6.34. The minimum absolute atomic E-state index is 0.202. The van der Waals surface area contributed by atoms with Crippen molar-refractivity contribution >= 4 is 29.5 Å². The van der Waals surface area contributed by atoms with Crippen LogP contribution in [-0.4, -0.2) is 65.4 Å². The minimum atomic E-state index is -0.946. The van der Waals surface area contributed by atoms with Gasteiger partial charge in [-0.1, -0.05) is 12.1 Å². The van der Waals surface area contributed by atoms with Crippen molar-refractivity contribution in [2.75, 3.05) is 20.8 Å². The Balaban J connectivity index is 1.80. The molecule has 0 aliphatic carbocycles. The lowest BCUT2D eigenvalue weighted by Crippen LogP contribution is -2.32. The predicted octanol–water partition coefficient (Wildman–Crippen LogP) is 0.852. The van der Waals surface area contributed by atoms with Crippen molar-refractivity contribution in [3.8, 4) is 0 Å². The van der Waals surface area contributed by atoms with E-state index in [4.69, 9.17) is 0 Å². The molecule has 10 heteroatoms. The van der Waals surface area contributed by atoms with E-state index in [1.54, 1.807) is 12.1 Å². The molecule has 0 bridgehead atoms. The van der Waals surface area contributed by atoms with Gasteiger partial charge in [0, 0.05) is 13.0 Å². The number of hydrogen-bond acceptors (Lipinski definition) is 8. The molecule has 3 rings (SSSR count). The minimum Gasteiger partial charge on any atom is -0.465 e. The Morgan fingerprint density at radius 1 is 1.00 bits per heavy atom. The second kappa shape index (κ2) is 7.43. The third-order valence-electron chi connectivity index (χ3n) is 4.25. The smallest absolute Gasteiger partial charge is 0.357 e. The maximum Gasteiger partial charge on any atom is 0.357 e. The van der Waals surface area contributed by atoms with Crippen LogP contribution in [0.3, 0.4) is 0 Å². The Hall–Kier alpha value is -3.82. The van der Waals surface area contributed by atoms with E-state index in [9.17, 15) is 24.0 Å². The molecule has 0 radical (unpaired) electrons. The Labute approximate surface area is 158 Å². The summed E-state index contributed by atoms with van der Waals surface area (Å²) in [5.74, 6) is -3.49. The molecule has 2 amide bonds. The molecule has 0 fully saturated rings. The molecular formula is C18H15N3O7. The van der Waals surface area contributed by atoms with Crippen LogP contribution in [0.2, 0.25) is 0 Å². The average Bonchev–Trinajstić information content (AvgIpc) is 3.26. The van der Waals surface area contributed by atoms with Crippen molar-refractivity contribution in [2.24, 2.45) is 0 Å². The Bertz CT molecular complexity index is 973. The Morgan fingerprint density at radius 2 is 1.57 bits per heavy atom. The quantitative estimate of drug-likeness (QED) is 0.439. The summed E-state index contributed by atoms with van der Waals surface area (Å²) < 4.78 is 9.14. The maximum absolute atomic E-state index is 12.6. The van der Waals surface area contributed by atoms with Gasteiger partial charge in [0.2, 0.25) is 0 Å². The number of Topliss-reactive ketones (excluding diaryl/α,β-unsaturated/α-hetero) is 1. The van der Waals surface area contributed by atoms with E-state index >= 15 is 0 Å². The first-order chi connectivity index (χ1) is 13.4. The summed E-state index contributed by atoms with van der Waals surface area (Å²) in [6.07, 6.45) is -0.291.